The van der Waals surface area contributed by atoms with Crippen molar-refractivity contribution in [1.29, 1.82) is 0 Å². The van der Waals surface area contributed by atoms with Crippen LogP contribution in [0.2, 0.25) is 0 Å². The van der Waals surface area contributed by atoms with Gasteiger partial charge in [-0.2, -0.15) is 0 Å². The Bertz CT molecular complexity index is 1670. The molecule has 3 N–H and O–H groups in total. The number of ether oxygens (including phenoxy) is 4. The van der Waals surface area contributed by atoms with Gasteiger partial charge in [-0.15, -0.1) is 0 Å². The molecule has 0 fully saturated rings. The minimum Gasteiger partial charge on any atom is -0.462 e. The largest absolute Gasteiger partial charge is 0.472 e. The lowest BCUT2D eigenvalue weighted by atomic mass is 9.99. The Hall–Kier alpha value is -1.94. The fourth-order valence-electron chi connectivity index (χ4n) is 9.85. The van der Waals surface area contributed by atoms with Crippen LogP contribution in [0.25, 0.3) is 0 Å². The van der Waals surface area contributed by atoms with Gasteiger partial charge in [0.2, 0.25) is 0 Å². The fourth-order valence-corrected chi connectivity index (χ4v) is 11.4. The molecule has 0 bridgehead atoms. The Balaban J connectivity index is 5.24. The number of esters is 4. The molecule has 504 valence electrons. The van der Waals surface area contributed by atoms with E-state index < -0.39 is 97.5 Å². The summed E-state index contributed by atoms with van der Waals surface area (Å²) in [4.78, 5) is 72.3. The molecule has 0 spiro atoms. The van der Waals surface area contributed by atoms with Crippen LogP contribution in [0.3, 0.4) is 0 Å². The standard InChI is InChI=1S/C66H128O17P2/c1-7-10-12-14-16-18-19-20-24-31-37-43-49-64(69)77-55-62(82-65(70)50-44-38-32-25-22-21-23-29-35-41-47-59(6)9-3)57-81-85(74,75)79-53-60(67)52-78-84(72,73)80-56-61(54-76-63(68)48-42-36-30-17-15-13-11-8-2)83-66(71)51-45-39-33-27-26-28-34-40-46-58(4)5/h58-62,67H,7-57H2,1-6H3,(H,72,73)(H,74,75)/t59?,60-,61+,62+/m0/s1. The van der Waals surface area contributed by atoms with Gasteiger partial charge in [0.1, 0.15) is 19.3 Å². The zero-order valence-corrected chi connectivity index (χ0v) is 56.7. The van der Waals surface area contributed by atoms with Crippen LogP contribution in [0.5, 0.6) is 0 Å². The van der Waals surface area contributed by atoms with E-state index in [0.29, 0.717) is 25.7 Å². The number of hydrogen-bond donors (Lipinski definition) is 3. The average molecular weight is 1260 g/mol. The van der Waals surface area contributed by atoms with Crippen molar-refractivity contribution in [3.05, 3.63) is 0 Å². The van der Waals surface area contributed by atoms with Crippen LogP contribution < -0.4 is 0 Å². The van der Waals surface area contributed by atoms with Crippen molar-refractivity contribution >= 4 is 39.5 Å². The van der Waals surface area contributed by atoms with E-state index in [0.717, 1.165) is 108 Å². The van der Waals surface area contributed by atoms with Crippen molar-refractivity contribution < 1.29 is 80.2 Å². The monoisotopic (exact) mass is 1250 g/mol. The number of rotatable bonds is 65. The van der Waals surface area contributed by atoms with Crippen LogP contribution in [-0.2, 0) is 65.4 Å². The highest BCUT2D eigenvalue weighted by atomic mass is 31.2. The summed E-state index contributed by atoms with van der Waals surface area (Å²) in [5.41, 5.74) is 0. The molecule has 19 heteroatoms. The first-order chi connectivity index (χ1) is 40.9. The van der Waals surface area contributed by atoms with Gasteiger partial charge in [-0.05, 0) is 37.5 Å². The maximum Gasteiger partial charge on any atom is 0.472 e. The Morgan fingerprint density at radius 2 is 0.600 bits per heavy atom. The molecule has 0 aliphatic rings. The Labute approximate surface area is 517 Å². The molecule has 0 radical (unpaired) electrons. The summed E-state index contributed by atoms with van der Waals surface area (Å²) < 4.78 is 68.1. The van der Waals surface area contributed by atoms with E-state index in [1.165, 1.54) is 141 Å². The second-order valence-corrected chi connectivity index (χ2v) is 27.5. The molecule has 0 aromatic carbocycles. The Morgan fingerprint density at radius 3 is 0.894 bits per heavy atom. The predicted molar refractivity (Wildman–Crippen MR) is 340 cm³/mol. The fraction of sp³-hybridized carbons (Fsp3) is 0.939. The summed E-state index contributed by atoms with van der Waals surface area (Å²) in [7, 11) is -9.89. The molecule has 0 aromatic heterocycles. The summed E-state index contributed by atoms with van der Waals surface area (Å²) in [5.74, 6) is -0.611. The highest BCUT2D eigenvalue weighted by molar-refractivity contribution is 7.47. The predicted octanol–water partition coefficient (Wildman–Crippen LogP) is 18.4. The molecular weight excluding hydrogens is 1130 g/mol. The van der Waals surface area contributed by atoms with Crippen molar-refractivity contribution in [1.82, 2.24) is 0 Å². The third kappa shape index (κ3) is 59.5. The van der Waals surface area contributed by atoms with E-state index in [4.69, 9.17) is 37.0 Å². The molecular formula is C66H128O17P2. The molecule has 17 nitrogen and oxygen atoms in total. The maximum absolute atomic E-state index is 13.0. The molecule has 0 aliphatic carbocycles. The average Bonchev–Trinajstić information content (AvgIpc) is 3.58. The third-order valence-corrected chi connectivity index (χ3v) is 17.5. The van der Waals surface area contributed by atoms with Gasteiger partial charge < -0.3 is 33.8 Å². The van der Waals surface area contributed by atoms with Gasteiger partial charge in [-0.1, -0.05) is 279 Å². The second kappa shape index (κ2) is 58.4. The van der Waals surface area contributed by atoms with Crippen LogP contribution in [-0.4, -0.2) is 96.7 Å². The van der Waals surface area contributed by atoms with Gasteiger partial charge in [0.05, 0.1) is 26.4 Å². The summed E-state index contributed by atoms with van der Waals surface area (Å²) >= 11 is 0. The first-order valence-corrected chi connectivity index (χ1v) is 37.5. The molecule has 85 heavy (non-hydrogen) atoms. The van der Waals surface area contributed by atoms with E-state index in [2.05, 4.69) is 41.5 Å². The van der Waals surface area contributed by atoms with Crippen LogP contribution >= 0.6 is 15.6 Å². The van der Waals surface area contributed by atoms with Crippen molar-refractivity contribution in [2.45, 2.75) is 349 Å². The summed E-state index contributed by atoms with van der Waals surface area (Å²) in [5, 5.41) is 10.5. The van der Waals surface area contributed by atoms with Crippen molar-refractivity contribution in [3.63, 3.8) is 0 Å². The highest BCUT2D eigenvalue weighted by Gasteiger charge is 2.30. The van der Waals surface area contributed by atoms with Crippen molar-refractivity contribution in [3.8, 4) is 0 Å². The van der Waals surface area contributed by atoms with Gasteiger partial charge in [-0.25, -0.2) is 9.13 Å². The molecule has 0 heterocycles. The topological polar surface area (TPSA) is 237 Å². The summed E-state index contributed by atoms with van der Waals surface area (Å²) in [6.07, 6.45) is 41.6. The first kappa shape index (κ1) is 83.1. The lowest BCUT2D eigenvalue weighted by Crippen LogP contribution is -2.30. The second-order valence-electron chi connectivity index (χ2n) is 24.6. The number of carbonyl (C=O) groups excluding carboxylic acids is 4. The van der Waals surface area contributed by atoms with Crippen LogP contribution in [0.15, 0.2) is 0 Å². The van der Waals surface area contributed by atoms with E-state index in [1.807, 2.05) is 0 Å². The number of phosphoric acid groups is 2. The maximum atomic E-state index is 13.0. The minimum atomic E-state index is -4.95. The molecule has 6 atom stereocenters. The summed E-state index contributed by atoms with van der Waals surface area (Å²) in [6.45, 7) is 9.47. The van der Waals surface area contributed by atoms with Gasteiger partial charge in [0.15, 0.2) is 12.2 Å². The third-order valence-electron chi connectivity index (χ3n) is 15.6. The minimum absolute atomic E-state index is 0.104. The number of aliphatic hydroxyl groups excluding tert-OH is 1. The Kier molecular flexibility index (Phi) is 57.1. The number of aliphatic hydroxyl groups is 1. The number of unbranched alkanes of at least 4 members (excludes halogenated alkanes) is 34. The number of phosphoric ester groups is 2. The van der Waals surface area contributed by atoms with Crippen molar-refractivity contribution in [2.24, 2.45) is 11.8 Å². The molecule has 0 aliphatic heterocycles. The normalized spacial score (nSPS) is 14.6. The van der Waals surface area contributed by atoms with E-state index >= 15 is 0 Å². The van der Waals surface area contributed by atoms with Gasteiger partial charge >= 0.3 is 39.5 Å². The zero-order valence-electron chi connectivity index (χ0n) is 54.9. The smallest absolute Gasteiger partial charge is 0.462 e. The molecule has 0 aromatic rings. The number of hydrogen-bond acceptors (Lipinski definition) is 15. The molecule has 3 unspecified atom stereocenters. The van der Waals surface area contributed by atoms with Crippen molar-refractivity contribution in [2.75, 3.05) is 39.6 Å². The first-order valence-electron chi connectivity index (χ1n) is 34.5. The van der Waals surface area contributed by atoms with E-state index in [1.54, 1.807) is 0 Å². The highest BCUT2D eigenvalue weighted by Crippen LogP contribution is 2.45. The molecule has 0 rings (SSSR count). The van der Waals surface area contributed by atoms with Crippen LogP contribution in [0.1, 0.15) is 330 Å². The van der Waals surface area contributed by atoms with Crippen LogP contribution in [0, 0.1) is 11.8 Å². The molecule has 0 amide bonds. The van der Waals surface area contributed by atoms with Gasteiger partial charge in [0.25, 0.3) is 0 Å². The van der Waals surface area contributed by atoms with E-state index in [-0.39, 0.29) is 25.7 Å². The van der Waals surface area contributed by atoms with Gasteiger partial charge in [-0.3, -0.25) is 37.3 Å². The molecule has 0 saturated carbocycles. The number of carbonyl (C=O) groups is 4. The van der Waals surface area contributed by atoms with Crippen LogP contribution in [0.4, 0.5) is 0 Å². The lowest BCUT2D eigenvalue weighted by Gasteiger charge is -2.21. The Morgan fingerprint density at radius 1 is 0.341 bits per heavy atom. The quantitative estimate of drug-likeness (QED) is 0.0222. The molecule has 0 saturated heterocycles. The lowest BCUT2D eigenvalue weighted by molar-refractivity contribution is -0.161. The van der Waals surface area contributed by atoms with Gasteiger partial charge in [0, 0.05) is 25.7 Å². The zero-order chi connectivity index (χ0) is 62.9. The van der Waals surface area contributed by atoms with E-state index in [9.17, 15) is 43.2 Å². The SMILES string of the molecule is CCCCCCCCCCCCCCC(=O)OC[C@H](COP(=O)(O)OC[C@@H](O)COP(=O)(O)OC[C@@H](COC(=O)CCCCCCCCCC)OC(=O)CCCCCCCCCCC(C)C)OC(=O)CCCCCCCCCCCCC(C)CC. The summed E-state index contributed by atoms with van der Waals surface area (Å²) in [6, 6.07) is 0.